The summed E-state index contributed by atoms with van der Waals surface area (Å²) in [5.41, 5.74) is 5.36. The summed E-state index contributed by atoms with van der Waals surface area (Å²) in [4.78, 5) is 0. The first-order valence-corrected chi connectivity index (χ1v) is 3.22. The average molecular weight is 115 g/mol. The van der Waals surface area contributed by atoms with Crippen molar-refractivity contribution in [1.82, 2.24) is 0 Å². The molecular formula is C6H13NO. The maximum absolute atomic E-state index is 9.11. The molecule has 3 N–H and O–H groups in total. The summed E-state index contributed by atoms with van der Waals surface area (Å²) in [6.45, 7) is 0.654. The van der Waals surface area contributed by atoms with Gasteiger partial charge < -0.3 is 10.8 Å². The van der Waals surface area contributed by atoms with Gasteiger partial charge in [0, 0.05) is 0 Å². The molecule has 0 radical (unpaired) electrons. The van der Waals surface area contributed by atoms with E-state index in [9.17, 15) is 0 Å². The first kappa shape index (κ1) is 6.05. The Balaban J connectivity index is 2.30. The van der Waals surface area contributed by atoms with E-state index in [1.54, 1.807) is 0 Å². The molecule has 1 saturated carbocycles. The van der Waals surface area contributed by atoms with Crippen molar-refractivity contribution < 1.29 is 5.11 Å². The lowest BCUT2D eigenvalue weighted by molar-refractivity contribution is 0.136. The molecule has 0 aromatic heterocycles. The summed E-state index contributed by atoms with van der Waals surface area (Å²) in [5.74, 6) is 0.398. The maximum atomic E-state index is 9.11. The molecule has 2 heteroatoms. The van der Waals surface area contributed by atoms with E-state index < -0.39 is 0 Å². The largest absolute Gasteiger partial charge is 0.393 e. The van der Waals surface area contributed by atoms with Crippen molar-refractivity contribution in [3.05, 3.63) is 0 Å². The Kier molecular flexibility index (Phi) is 1.86. The van der Waals surface area contributed by atoms with Crippen molar-refractivity contribution in [1.29, 1.82) is 0 Å². The van der Waals surface area contributed by atoms with Gasteiger partial charge in [-0.05, 0) is 25.3 Å². The Morgan fingerprint density at radius 1 is 1.50 bits per heavy atom. The molecule has 2 nitrogen and oxygen atoms in total. The summed E-state index contributed by atoms with van der Waals surface area (Å²) < 4.78 is 0. The predicted octanol–water partition coefficient (Wildman–Crippen LogP) is 0.106. The Hall–Kier alpha value is -0.0800. The number of rotatable bonds is 1. The zero-order chi connectivity index (χ0) is 5.98. The highest BCUT2D eigenvalue weighted by molar-refractivity contribution is 4.76. The fourth-order valence-corrected chi connectivity index (χ4v) is 1.29. The van der Waals surface area contributed by atoms with Gasteiger partial charge >= 0.3 is 0 Å². The van der Waals surface area contributed by atoms with Gasteiger partial charge in [-0.1, -0.05) is 6.42 Å². The van der Waals surface area contributed by atoms with Crippen LogP contribution in [0.15, 0.2) is 0 Å². The molecule has 2 atom stereocenters. The van der Waals surface area contributed by atoms with E-state index >= 15 is 0 Å². The molecule has 0 unspecified atom stereocenters. The second-order valence-electron chi connectivity index (χ2n) is 2.49. The Bertz CT molecular complexity index is 74.9. The fraction of sp³-hybridized carbons (Fsp3) is 1.00. The van der Waals surface area contributed by atoms with Crippen LogP contribution < -0.4 is 5.73 Å². The molecule has 1 rings (SSSR count). The summed E-state index contributed by atoms with van der Waals surface area (Å²) in [6, 6.07) is 0. The molecule has 48 valence electrons. The van der Waals surface area contributed by atoms with E-state index in [0.29, 0.717) is 12.5 Å². The third kappa shape index (κ3) is 1.01. The van der Waals surface area contributed by atoms with Crippen LogP contribution in [-0.2, 0) is 0 Å². The van der Waals surface area contributed by atoms with Crippen molar-refractivity contribution in [3.8, 4) is 0 Å². The standard InChI is InChI=1S/C6H13NO/c7-4-5-2-1-3-6(5)8/h5-6,8H,1-4,7H2/t5-,6+/m1/s1. The van der Waals surface area contributed by atoms with Gasteiger partial charge in [0.15, 0.2) is 0 Å². The van der Waals surface area contributed by atoms with Gasteiger partial charge in [0.25, 0.3) is 0 Å². The molecule has 1 aliphatic rings. The van der Waals surface area contributed by atoms with Crippen molar-refractivity contribution in [2.45, 2.75) is 25.4 Å². The highest BCUT2D eigenvalue weighted by Crippen LogP contribution is 2.23. The summed E-state index contributed by atoms with van der Waals surface area (Å²) in [6.07, 6.45) is 3.14. The summed E-state index contributed by atoms with van der Waals surface area (Å²) >= 11 is 0. The minimum Gasteiger partial charge on any atom is -0.393 e. The molecule has 0 heterocycles. The van der Waals surface area contributed by atoms with Crippen LogP contribution in [0.4, 0.5) is 0 Å². The van der Waals surface area contributed by atoms with E-state index in [1.165, 1.54) is 0 Å². The van der Waals surface area contributed by atoms with Gasteiger partial charge in [-0.15, -0.1) is 0 Å². The van der Waals surface area contributed by atoms with Crippen LogP contribution in [0.2, 0.25) is 0 Å². The third-order valence-electron chi connectivity index (χ3n) is 1.92. The van der Waals surface area contributed by atoms with Crippen LogP contribution in [0.3, 0.4) is 0 Å². The molecule has 0 aromatic rings. The molecule has 0 aromatic carbocycles. The minimum absolute atomic E-state index is 0.0972. The third-order valence-corrected chi connectivity index (χ3v) is 1.92. The van der Waals surface area contributed by atoms with Crippen molar-refractivity contribution in [3.63, 3.8) is 0 Å². The predicted molar refractivity (Wildman–Crippen MR) is 32.4 cm³/mol. The van der Waals surface area contributed by atoms with Gasteiger partial charge in [0.1, 0.15) is 0 Å². The van der Waals surface area contributed by atoms with E-state index in [2.05, 4.69) is 0 Å². The highest BCUT2D eigenvalue weighted by atomic mass is 16.3. The number of aliphatic hydroxyl groups is 1. The van der Waals surface area contributed by atoms with Crippen LogP contribution >= 0.6 is 0 Å². The zero-order valence-corrected chi connectivity index (χ0v) is 5.01. The Morgan fingerprint density at radius 3 is 2.50 bits per heavy atom. The van der Waals surface area contributed by atoms with Crippen LogP contribution in [0.25, 0.3) is 0 Å². The molecule has 0 bridgehead atoms. The molecule has 0 spiro atoms. The maximum Gasteiger partial charge on any atom is 0.0580 e. The molecule has 0 aliphatic heterocycles. The molecule has 0 amide bonds. The lowest BCUT2D eigenvalue weighted by Gasteiger charge is -2.09. The average Bonchev–Trinajstić information content (AvgIpc) is 2.14. The SMILES string of the molecule is NC[C@H]1CCC[C@@H]1O. The van der Waals surface area contributed by atoms with E-state index in [4.69, 9.17) is 10.8 Å². The van der Waals surface area contributed by atoms with Crippen molar-refractivity contribution in [2.75, 3.05) is 6.54 Å². The van der Waals surface area contributed by atoms with Gasteiger partial charge in [-0.2, -0.15) is 0 Å². The number of aliphatic hydroxyl groups excluding tert-OH is 1. The van der Waals surface area contributed by atoms with Crippen molar-refractivity contribution >= 4 is 0 Å². The topological polar surface area (TPSA) is 46.2 Å². The molecule has 1 aliphatic carbocycles. The van der Waals surface area contributed by atoms with E-state index in [-0.39, 0.29) is 6.10 Å². The first-order chi connectivity index (χ1) is 3.84. The van der Waals surface area contributed by atoms with Gasteiger partial charge in [0.05, 0.1) is 6.10 Å². The summed E-state index contributed by atoms with van der Waals surface area (Å²) in [7, 11) is 0. The second-order valence-corrected chi connectivity index (χ2v) is 2.49. The molecule has 0 saturated heterocycles. The molecule has 8 heavy (non-hydrogen) atoms. The van der Waals surface area contributed by atoms with Crippen molar-refractivity contribution in [2.24, 2.45) is 11.7 Å². The second kappa shape index (κ2) is 2.46. The smallest absolute Gasteiger partial charge is 0.0580 e. The van der Waals surface area contributed by atoms with E-state index in [1.807, 2.05) is 0 Å². The Labute approximate surface area is 49.7 Å². The lowest BCUT2D eigenvalue weighted by atomic mass is 10.1. The van der Waals surface area contributed by atoms with Gasteiger partial charge in [-0.3, -0.25) is 0 Å². The monoisotopic (exact) mass is 115 g/mol. The number of hydrogen-bond donors (Lipinski definition) is 2. The zero-order valence-electron chi connectivity index (χ0n) is 5.01. The lowest BCUT2D eigenvalue weighted by Crippen LogP contribution is -2.21. The number of hydrogen-bond acceptors (Lipinski definition) is 2. The van der Waals surface area contributed by atoms with Gasteiger partial charge in [-0.25, -0.2) is 0 Å². The normalized spacial score (nSPS) is 38.2. The molecule has 1 fully saturated rings. The van der Waals surface area contributed by atoms with Crippen LogP contribution in [0.5, 0.6) is 0 Å². The quantitative estimate of drug-likeness (QED) is 0.509. The Morgan fingerprint density at radius 2 is 2.25 bits per heavy atom. The molecular weight excluding hydrogens is 102 g/mol. The fourth-order valence-electron chi connectivity index (χ4n) is 1.29. The highest BCUT2D eigenvalue weighted by Gasteiger charge is 2.22. The first-order valence-electron chi connectivity index (χ1n) is 3.22. The minimum atomic E-state index is -0.0972. The van der Waals surface area contributed by atoms with E-state index in [0.717, 1.165) is 19.3 Å². The van der Waals surface area contributed by atoms with Gasteiger partial charge in [0.2, 0.25) is 0 Å². The summed E-state index contributed by atoms with van der Waals surface area (Å²) in [5, 5.41) is 9.11. The van der Waals surface area contributed by atoms with Crippen LogP contribution in [0.1, 0.15) is 19.3 Å². The number of nitrogens with two attached hydrogens (primary N) is 1. The van der Waals surface area contributed by atoms with Crippen LogP contribution in [0, 0.1) is 5.92 Å². The van der Waals surface area contributed by atoms with Crippen LogP contribution in [-0.4, -0.2) is 17.8 Å².